The zero-order chi connectivity index (χ0) is 10.7. The summed E-state index contributed by atoms with van der Waals surface area (Å²) in [7, 11) is 0. The van der Waals surface area contributed by atoms with Gasteiger partial charge in [-0.3, -0.25) is 5.32 Å². The molecule has 0 aliphatic heterocycles. The van der Waals surface area contributed by atoms with Gasteiger partial charge in [-0.25, -0.2) is 0 Å². The second-order valence-corrected chi connectivity index (χ2v) is 3.85. The molecule has 1 fully saturated rings. The third-order valence-corrected chi connectivity index (χ3v) is 2.85. The van der Waals surface area contributed by atoms with E-state index in [0.717, 1.165) is 18.7 Å². The van der Waals surface area contributed by atoms with Crippen LogP contribution in [0.3, 0.4) is 0 Å². The van der Waals surface area contributed by atoms with Crippen LogP contribution in [0.2, 0.25) is 0 Å². The number of nitrogens with zero attached hydrogens (tertiary/aromatic N) is 2. The summed E-state index contributed by atoms with van der Waals surface area (Å²) in [5, 5.41) is 7.40. The van der Waals surface area contributed by atoms with Gasteiger partial charge in [0.2, 0.25) is 5.89 Å². The number of hydrogen-bond acceptors (Lipinski definition) is 4. The predicted octanol–water partition coefficient (Wildman–Crippen LogP) is 1.37. The van der Waals surface area contributed by atoms with Crippen LogP contribution >= 0.6 is 0 Å². The van der Waals surface area contributed by atoms with Crippen LogP contribution in [0, 0.1) is 18.8 Å². The van der Waals surface area contributed by atoms with Crippen LogP contribution in [0.4, 0.5) is 0 Å². The zero-order valence-electron chi connectivity index (χ0n) is 9.13. The molecule has 2 rings (SSSR count). The highest BCUT2D eigenvalue weighted by atomic mass is 16.5. The molecule has 0 aromatic carbocycles. The van der Waals surface area contributed by atoms with Crippen LogP contribution in [0.5, 0.6) is 0 Å². The Kier molecular flexibility index (Phi) is 2.74. The lowest BCUT2D eigenvalue weighted by molar-refractivity contribution is 0.175. The topological polar surface area (TPSA) is 51.0 Å². The van der Waals surface area contributed by atoms with Gasteiger partial charge in [0.15, 0.2) is 5.82 Å². The van der Waals surface area contributed by atoms with Crippen molar-refractivity contribution in [1.29, 1.82) is 0 Å². The minimum Gasteiger partial charge on any atom is -0.340 e. The van der Waals surface area contributed by atoms with Gasteiger partial charge in [-0.2, -0.15) is 4.98 Å². The lowest BCUT2D eigenvalue weighted by Crippen LogP contribution is -2.49. The van der Waals surface area contributed by atoms with E-state index >= 15 is 0 Å². The molecule has 1 aliphatic rings. The third-order valence-electron chi connectivity index (χ3n) is 2.85. The molecule has 15 heavy (non-hydrogen) atoms. The first-order valence-corrected chi connectivity index (χ1v) is 5.22. The first kappa shape index (κ1) is 10.2. The highest BCUT2D eigenvalue weighted by Crippen LogP contribution is 2.39. The molecule has 0 amide bonds. The van der Waals surface area contributed by atoms with E-state index in [1.165, 1.54) is 6.42 Å². The molecule has 4 heteroatoms. The molecule has 0 bridgehead atoms. The number of aryl methyl sites for hydroxylation is 1. The van der Waals surface area contributed by atoms with Crippen LogP contribution in [-0.4, -0.2) is 16.7 Å². The maximum Gasteiger partial charge on any atom is 0.223 e. The Balaban J connectivity index is 2.10. The van der Waals surface area contributed by atoms with Gasteiger partial charge in [0.05, 0.1) is 12.1 Å². The van der Waals surface area contributed by atoms with Crippen LogP contribution in [0.25, 0.3) is 0 Å². The smallest absolute Gasteiger partial charge is 0.223 e. The van der Waals surface area contributed by atoms with E-state index in [4.69, 9.17) is 4.52 Å². The van der Waals surface area contributed by atoms with E-state index in [2.05, 4.69) is 27.3 Å². The fourth-order valence-corrected chi connectivity index (χ4v) is 1.81. The Morgan fingerprint density at radius 3 is 2.80 bits per heavy atom. The minimum atomic E-state index is -0.0817. The fourth-order valence-electron chi connectivity index (χ4n) is 1.81. The van der Waals surface area contributed by atoms with Crippen LogP contribution in [0.1, 0.15) is 37.9 Å². The van der Waals surface area contributed by atoms with Gasteiger partial charge in [0.25, 0.3) is 0 Å². The molecule has 4 nitrogen and oxygen atoms in total. The summed E-state index contributed by atoms with van der Waals surface area (Å²) in [6.07, 6.45) is 3.34. The molecule has 0 spiro atoms. The van der Waals surface area contributed by atoms with Gasteiger partial charge in [-0.05, 0) is 26.2 Å². The van der Waals surface area contributed by atoms with Crippen molar-refractivity contribution < 1.29 is 4.52 Å². The number of aromatic nitrogens is 2. The maximum absolute atomic E-state index is 5.02. The number of hydrogen-bond donors (Lipinski definition) is 1. The first-order valence-electron chi connectivity index (χ1n) is 5.22. The highest BCUT2D eigenvalue weighted by Gasteiger charge is 2.42. The second kappa shape index (κ2) is 4.03. The predicted molar refractivity (Wildman–Crippen MR) is 56.0 cm³/mol. The van der Waals surface area contributed by atoms with E-state index < -0.39 is 0 Å². The summed E-state index contributed by atoms with van der Waals surface area (Å²) in [4.78, 5) is 4.30. The van der Waals surface area contributed by atoms with Crippen molar-refractivity contribution in [2.45, 2.75) is 38.6 Å². The van der Waals surface area contributed by atoms with E-state index in [9.17, 15) is 0 Å². The Morgan fingerprint density at radius 1 is 1.53 bits per heavy atom. The SMILES string of the molecule is CC#CCNC1(c2noc(C)n2)CCC1. The summed E-state index contributed by atoms with van der Waals surface area (Å²) < 4.78 is 5.02. The van der Waals surface area contributed by atoms with Gasteiger partial charge in [0, 0.05) is 6.92 Å². The average Bonchev–Trinajstić information content (AvgIpc) is 2.57. The lowest BCUT2D eigenvalue weighted by atomic mass is 9.76. The molecule has 0 unspecified atom stereocenters. The van der Waals surface area contributed by atoms with Gasteiger partial charge in [0.1, 0.15) is 0 Å². The summed E-state index contributed by atoms with van der Waals surface area (Å²) in [5.41, 5.74) is -0.0817. The van der Waals surface area contributed by atoms with Crippen LogP contribution in [0.15, 0.2) is 4.52 Å². The molecule has 1 aromatic rings. The molecule has 1 aliphatic carbocycles. The van der Waals surface area contributed by atoms with Crippen molar-refractivity contribution in [1.82, 2.24) is 15.5 Å². The molecule has 0 radical (unpaired) electrons. The van der Waals surface area contributed by atoms with Gasteiger partial charge in [-0.1, -0.05) is 11.1 Å². The third kappa shape index (κ3) is 1.88. The fraction of sp³-hybridized carbons (Fsp3) is 0.636. The highest BCUT2D eigenvalue weighted by molar-refractivity contribution is 5.12. The summed E-state index contributed by atoms with van der Waals surface area (Å²) in [6, 6.07) is 0. The average molecular weight is 205 g/mol. The largest absolute Gasteiger partial charge is 0.340 e. The van der Waals surface area contributed by atoms with Crippen molar-refractivity contribution in [2.75, 3.05) is 6.54 Å². The minimum absolute atomic E-state index is 0.0817. The van der Waals surface area contributed by atoms with Crippen molar-refractivity contribution in [3.63, 3.8) is 0 Å². The molecule has 1 aromatic heterocycles. The van der Waals surface area contributed by atoms with Gasteiger partial charge < -0.3 is 4.52 Å². The zero-order valence-corrected chi connectivity index (χ0v) is 9.13. The summed E-state index contributed by atoms with van der Waals surface area (Å²) in [5.74, 6) is 7.28. The molecule has 80 valence electrons. The Hall–Kier alpha value is -1.34. The quantitative estimate of drug-likeness (QED) is 0.757. The van der Waals surface area contributed by atoms with Crippen molar-refractivity contribution in [3.05, 3.63) is 11.7 Å². The Labute approximate surface area is 89.4 Å². The monoisotopic (exact) mass is 205 g/mol. The standard InChI is InChI=1S/C11H15N3O/c1-3-4-8-12-11(6-5-7-11)10-13-9(2)15-14-10/h12H,5-8H2,1-2H3. The van der Waals surface area contributed by atoms with Crippen LogP contribution < -0.4 is 5.32 Å². The summed E-state index contributed by atoms with van der Waals surface area (Å²) >= 11 is 0. The Morgan fingerprint density at radius 2 is 2.33 bits per heavy atom. The van der Waals surface area contributed by atoms with E-state index in [1.807, 2.05) is 13.8 Å². The van der Waals surface area contributed by atoms with E-state index in [1.54, 1.807) is 0 Å². The Bertz CT molecular complexity index is 395. The van der Waals surface area contributed by atoms with E-state index in [0.29, 0.717) is 12.4 Å². The van der Waals surface area contributed by atoms with E-state index in [-0.39, 0.29) is 5.54 Å². The molecule has 1 saturated carbocycles. The molecule has 1 N–H and O–H groups in total. The van der Waals surface area contributed by atoms with Gasteiger partial charge >= 0.3 is 0 Å². The molecular weight excluding hydrogens is 190 g/mol. The molecule has 1 heterocycles. The summed E-state index contributed by atoms with van der Waals surface area (Å²) in [6.45, 7) is 4.34. The lowest BCUT2D eigenvalue weighted by Gasteiger charge is -2.39. The van der Waals surface area contributed by atoms with Crippen molar-refractivity contribution >= 4 is 0 Å². The van der Waals surface area contributed by atoms with Crippen LogP contribution in [-0.2, 0) is 5.54 Å². The maximum atomic E-state index is 5.02. The first-order chi connectivity index (χ1) is 7.27. The number of rotatable bonds is 3. The molecular formula is C11H15N3O. The van der Waals surface area contributed by atoms with Crippen molar-refractivity contribution in [2.24, 2.45) is 0 Å². The van der Waals surface area contributed by atoms with Gasteiger partial charge in [-0.15, -0.1) is 5.92 Å². The normalized spacial score (nSPS) is 17.7. The number of nitrogens with one attached hydrogen (secondary N) is 1. The second-order valence-electron chi connectivity index (χ2n) is 3.85. The van der Waals surface area contributed by atoms with Crippen molar-refractivity contribution in [3.8, 4) is 11.8 Å². The molecule has 0 atom stereocenters. The molecule has 0 saturated heterocycles.